The van der Waals surface area contributed by atoms with E-state index in [1.165, 1.54) is 10.5 Å². The molecule has 0 aliphatic carbocycles. The lowest BCUT2D eigenvalue weighted by atomic mass is 10.0. The Morgan fingerprint density at radius 3 is 2.17 bits per heavy atom. The van der Waals surface area contributed by atoms with Crippen molar-refractivity contribution in [3.05, 3.63) is 41.5 Å². The first-order valence-corrected chi connectivity index (χ1v) is 13.0. The summed E-state index contributed by atoms with van der Waals surface area (Å²) < 4.78 is 21.5. The molecular formula is C27H38N2O5S. The third-order valence-corrected chi connectivity index (χ3v) is 7.41. The molecule has 35 heavy (non-hydrogen) atoms. The maximum absolute atomic E-state index is 12.9. The van der Waals surface area contributed by atoms with Gasteiger partial charge in [-0.3, -0.25) is 4.79 Å². The third kappa shape index (κ3) is 7.45. The number of methoxy groups -OCH3 is 4. The number of ether oxygens (including phenoxy) is 4. The first-order chi connectivity index (χ1) is 17.0. The lowest BCUT2D eigenvalue weighted by Gasteiger charge is -2.22. The van der Waals surface area contributed by atoms with Crippen molar-refractivity contribution in [2.24, 2.45) is 0 Å². The Balaban J connectivity index is 1.38. The summed E-state index contributed by atoms with van der Waals surface area (Å²) >= 11 is 1.83. The van der Waals surface area contributed by atoms with Crippen LogP contribution in [0.3, 0.4) is 0 Å². The van der Waals surface area contributed by atoms with Gasteiger partial charge in [-0.15, -0.1) is 11.8 Å². The van der Waals surface area contributed by atoms with Crippen molar-refractivity contribution in [1.82, 2.24) is 9.80 Å². The standard InChI is InChI=1S/C27H38N2O5S/c1-28(12-7-15-35-22-8-9-23(31-2)26(19-22)34-5)11-6-13-29-14-10-20-16-24(32-3)25(33-4)17-21(20)18-27(29)30/h8-9,16-17,19H,6-7,10-15,18H2,1-5H3. The molecule has 0 N–H and O–H groups in total. The molecule has 1 heterocycles. The average Bonchev–Trinajstić information content (AvgIpc) is 3.03. The van der Waals surface area contributed by atoms with Crippen LogP contribution in [0.1, 0.15) is 24.0 Å². The van der Waals surface area contributed by atoms with Gasteiger partial charge < -0.3 is 28.7 Å². The summed E-state index contributed by atoms with van der Waals surface area (Å²) in [6, 6.07) is 10.00. The lowest BCUT2D eigenvalue weighted by molar-refractivity contribution is -0.130. The number of thioether (sulfide) groups is 1. The molecule has 1 aliphatic rings. The van der Waals surface area contributed by atoms with Crippen molar-refractivity contribution in [3.63, 3.8) is 0 Å². The molecule has 3 rings (SSSR count). The topological polar surface area (TPSA) is 60.5 Å². The molecule has 7 nitrogen and oxygen atoms in total. The van der Waals surface area contributed by atoms with Crippen LogP contribution in [-0.4, -0.2) is 83.1 Å². The molecule has 0 saturated carbocycles. The first kappa shape index (κ1) is 27.0. The van der Waals surface area contributed by atoms with E-state index in [4.69, 9.17) is 18.9 Å². The summed E-state index contributed by atoms with van der Waals surface area (Å²) in [7, 11) is 8.73. The van der Waals surface area contributed by atoms with E-state index in [-0.39, 0.29) is 5.91 Å². The Kier molecular flexibility index (Phi) is 10.4. The highest BCUT2D eigenvalue weighted by atomic mass is 32.2. The summed E-state index contributed by atoms with van der Waals surface area (Å²) in [6.07, 6.45) is 3.31. The number of rotatable bonds is 13. The van der Waals surface area contributed by atoms with Crippen molar-refractivity contribution >= 4 is 17.7 Å². The van der Waals surface area contributed by atoms with Gasteiger partial charge in [-0.1, -0.05) is 0 Å². The number of hydrogen-bond donors (Lipinski definition) is 0. The molecule has 0 saturated heterocycles. The molecule has 1 amide bonds. The number of hydrogen-bond acceptors (Lipinski definition) is 7. The van der Waals surface area contributed by atoms with E-state index in [2.05, 4.69) is 18.0 Å². The molecule has 0 fully saturated rings. The van der Waals surface area contributed by atoms with Crippen LogP contribution in [0, 0.1) is 0 Å². The fourth-order valence-electron chi connectivity index (χ4n) is 4.33. The van der Waals surface area contributed by atoms with Gasteiger partial charge in [-0.05, 0) is 86.6 Å². The maximum atomic E-state index is 12.9. The largest absolute Gasteiger partial charge is 0.493 e. The van der Waals surface area contributed by atoms with Crippen molar-refractivity contribution in [2.75, 3.05) is 67.4 Å². The van der Waals surface area contributed by atoms with Gasteiger partial charge in [0.05, 0.1) is 34.9 Å². The van der Waals surface area contributed by atoms with Gasteiger partial charge in [0.1, 0.15) is 0 Å². The molecule has 0 unspecified atom stereocenters. The van der Waals surface area contributed by atoms with E-state index < -0.39 is 0 Å². The van der Waals surface area contributed by atoms with Crippen LogP contribution < -0.4 is 18.9 Å². The number of carbonyl (C=O) groups excluding carboxylic acids is 1. The van der Waals surface area contributed by atoms with Crippen LogP contribution in [0.15, 0.2) is 35.2 Å². The molecule has 8 heteroatoms. The highest BCUT2D eigenvalue weighted by molar-refractivity contribution is 7.99. The predicted molar refractivity (Wildman–Crippen MR) is 141 cm³/mol. The van der Waals surface area contributed by atoms with Gasteiger partial charge in [0.15, 0.2) is 23.0 Å². The van der Waals surface area contributed by atoms with Gasteiger partial charge in [0, 0.05) is 18.0 Å². The Hall–Kier alpha value is -2.58. The van der Waals surface area contributed by atoms with Crippen LogP contribution in [-0.2, 0) is 17.6 Å². The molecule has 0 bridgehead atoms. The van der Waals surface area contributed by atoms with E-state index in [9.17, 15) is 4.79 Å². The van der Waals surface area contributed by atoms with E-state index in [0.717, 1.165) is 74.0 Å². The number of amides is 1. The smallest absolute Gasteiger partial charge is 0.227 e. The fraction of sp³-hybridized carbons (Fsp3) is 0.519. The molecule has 1 aliphatic heterocycles. The summed E-state index contributed by atoms with van der Waals surface area (Å²) in [6.45, 7) is 3.53. The Bertz CT molecular complexity index is 984. The SMILES string of the molecule is COc1ccc(SCCCN(C)CCCN2CCc3cc(OC)c(OC)cc3CC2=O)cc1OC. The normalized spacial score (nSPS) is 13.4. The molecule has 192 valence electrons. The Morgan fingerprint density at radius 2 is 1.49 bits per heavy atom. The van der Waals surface area contributed by atoms with Crippen LogP contribution in [0.5, 0.6) is 23.0 Å². The molecule has 0 aromatic heterocycles. The Labute approximate surface area is 213 Å². The quantitative estimate of drug-likeness (QED) is 0.301. The molecular weight excluding hydrogens is 464 g/mol. The minimum Gasteiger partial charge on any atom is -0.493 e. The maximum Gasteiger partial charge on any atom is 0.227 e. The minimum absolute atomic E-state index is 0.185. The van der Waals surface area contributed by atoms with Crippen LogP contribution in [0.4, 0.5) is 0 Å². The number of fused-ring (bicyclic) bond motifs is 1. The number of benzene rings is 2. The highest BCUT2D eigenvalue weighted by Gasteiger charge is 2.22. The van der Waals surface area contributed by atoms with E-state index in [0.29, 0.717) is 12.2 Å². The van der Waals surface area contributed by atoms with Crippen LogP contribution in [0.2, 0.25) is 0 Å². The predicted octanol–water partition coefficient (Wildman–Crippen LogP) is 4.15. The van der Waals surface area contributed by atoms with Gasteiger partial charge >= 0.3 is 0 Å². The van der Waals surface area contributed by atoms with Crippen molar-refractivity contribution < 1.29 is 23.7 Å². The van der Waals surface area contributed by atoms with Crippen molar-refractivity contribution in [2.45, 2.75) is 30.6 Å². The molecule has 0 atom stereocenters. The average molecular weight is 503 g/mol. The molecule has 0 spiro atoms. The molecule has 0 radical (unpaired) electrons. The van der Waals surface area contributed by atoms with Crippen molar-refractivity contribution in [1.29, 1.82) is 0 Å². The van der Waals surface area contributed by atoms with E-state index in [1.807, 2.05) is 40.9 Å². The molecule has 2 aromatic rings. The second-order valence-corrected chi connectivity index (χ2v) is 9.83. The highest BCUT2D eigenvalue weighted by Crippen LogP contribution is 2.33. The number of nitrogens with zero attached hydrogens (tertiary/aromatic N) is 2. The van der Waals surface area contributed by atoms with E-state index in [1.54, 1.807) is 28.4 Å². The summed E-state index contributed by atoms with van der Waals surface area (Å²) in [5.41, 5.74) is 2.21. The van der Waals surface area contributed by atoms with Crippen LogP contribution >= 0.6 is 11.8 Å². The first-order valence-electron chi connectivity index (χ1n) is 12.0. The Morgan fingerprint density at radius 1 is 0.857 bits per heavy atom. The number of carbonyl (C=O) groups is 1. The monoisotopic (exact) mass is 502 g/mol. The van der Waals surface area contributed by atoms with E-state index >= 15 is 0 Å². The van der Waals surface area contributed by atoms with Gasteiger partial charge in [-0.25, -0.2) is 0 Å². The molecule has 2 aromatic carbocycles. The lowest BCUT2D eigenvalue weighted by Crippen LogP contribution is -2.35. The third-order valence-electron chi connectivity index (χ3n) is 6.33. The zero-order valence-corrected chi connectivity index (χ0v) is 22.4. The van der Waals surface area contributed by atoms with Crippen LogP contribution in [0.25, 0.3) is 0 Å². The van der Waals surface area contributed by atoms with Gasteiger partial charge in [0.25, 0.3) is 0 Å². The summed E-state index contributed by atoms with van der Waals surface area (Å²) in [5.74, 6) is 4.14. The fourth-order valence-corrected chi connectivity index (χ4v) is 5.19. The summed E-state index contributed by atoms with van der Waals surface area (Å²) in [5, 5.41) is 0. The minimum atomic E-state index is 0.185. The summed E-state index contributed by atoms with van der Waals surface area (Å²) in [4.78, 5) is 18.4. The second kappa shape index (κ2) is 13.5. The van der Waals surface area contributed by atoms with Gasteiger partial charge in [-0.2, -0.15) is 0 Å². The van der Waals surface area contributed by atoms with Crippen molar-refractivity contribution in [3.8, 4) is 23.0 Å². The van der Waals surface area contributed by atoms with Gasteiger partial charge in [0.2, 0.25) is 5.91 Å². The zero-order chi connectivity index (χ0) is 25.2. The second-order valence-electron chi connectivity index (χ2n) is 8.66. The zero-order valence-electron chi connectivity index (χ0n) is 21.6.